The molecule has 1 aliphatic heterocycles. The quantitative estimate of drug-likeness (QED) is 0.278. The lowest BCUT2D eigenvalue weighted by Gasteiger charge is -2.37. The molecule has 0 aliphatic carbocycles. The van der Waals surface area contributed by atoms with Crippen molar-refractivity contribution < 1.29 is 4.74 Å². The van der Waals surface area contributed by atoms with Crippen molar-refractivity contribution in [3.05, 3.63) is 113 Å². The molecule has 0 bridgehead atoms. The van der Waals surface area contributed by atoms with Crippen LogP contribution >= 0.6 is 0 Å². The minimum Gasteiger partial charge on any atom is -0.382 e. The fraction of sp³-hybridized carbons (Fsp3) is 0.323. The zero-order chi connectivity index (χ0) is 23.9. The molecule has 0 unspecified atom stereocenters. The highest BCUT2D eigenvalue weighted by Crippen LogP contribution is 2.38. The number of hydrogen-bond donors (Lipinski definition) is 0. The van der Waals surface area contributed by atoms with E-state index in [2.05, 4.69) is 117 Å². The Labute approximate surface area is 204 Å². The van der Waals surface area contributed by atoms with Crippen LogP contribution < -0.4 is 0 Å². The molecule has 0 N–H and O–H groups in total. The molecular formula is C31H36N2O. The number of aryl methyl sites for hydroxylation is 1. The van der Waals surface area contributed by atoms with E-state index in [-0.39, 0.29) is 12.1 Å². The minimum atomic E-state index is 0.0781. The molecule has 3 nitrogen and oxygen atoms in total. The maximum atomic E-state index is 5.56. The Morgan fingerprint density at radius 1 is 0.971 bits per heavy atom. The average molecular weight is 453 g/mol. The number of methoxy groups -OCH3 is 1. The fourth-order valence-electron chi connectivity index (χ4n) is 4.61. The van der Waals surface area contributed by atoms with Gasteiger partial charge in [-0.1, -0.05) is 104 Å². The molecule has 0 radical (unpaired) electrons. The van der Waals surface area contributed by atoms with Crippen LogP contribution in [-0.2, 0) is 4.74 Å². The van der Waals surface area contributed by atoms with E-state index < -0.39 is 0 Å². The first-order valence-electron chi connectivity index (χ1n) is 12.3. The lowest BCUT2D eigenvalue weighted by atomic mass is 9.90. The third kappa shape index (κ3) is 5.66. The van der Waals surface area contributed by atoms with Gasteiger partial charge >= 0.3 is 0 Å². The Kier molecular flexibility index (Phi) is 7.97. The van der Waals surface area contributed by atoms with Gasteiger partial charge in [0.25, 0.3) is 0 Å². The Hall–Kier alpha value is -3.17. The second-order valence-corrected chi connectivity index (χ2v) is 9.48. The van der Waals surface area contributed by atoms with Gasteiger partial charge in [0.1, 0.15) is 5.84 Å². The van der Waals surface area contributed by atoms with Crippen LogP contribution in [0.2, 0.25) is 0 Å². The number of rotatable bonds is 7. The summed E-state index contributed by atoms with van der Waals surface area (Å²) < 4.78 is 5.56. The van der Waals surface area contributed by atoms with E-state index in [1.165, 1.54) is 22.3 Å². The van der Waals surface area contributed by atoms with Crippen LogP contribution in [-0.4, -0.2) is 30.5 Å². The van der Waals surface area contributed by atoms with Crippen molar-refractivity contribution in [2.24, 2.45) is 10.9 Å². The maximum absolute atomic E-state index is 5.56. The molecule has 3 aromatic rings. The Bertz CT molecular complexity index is 1120. The molecule has 0 amide bonds. The van der Waals surface area contributed by atoms with Crippen LogP contribution in [0.3, 0.4) is 0 Å². The Morgan fingerprint density at radius 3 is 2.32 bits per heavy atom. The predicted molar refractivity (Wildman–Crippen MR) is 143 cm³/mol. The molecule has 0 aromatic heterocycles. The zero-order valence-corrected chi connectivity index (χ0v) is 20.8. The first-order valence-corrected chi connectivity index (χ1v) is 12.3. The zero-order valence-electron chi connectivity index (χ0n) is 20.8. The van der Waals surface area contributed by atoms with E-state index in [0.717, 1.165) is 24.2 Å². The minimum absolute atomic E-state index is 0.0781. The van der Waals surface area contributed by atoms with E-state index >= 15 is 0 Å². The van der Waals surface area contributed by atoms with Crippen LogP contribution in [0.4, 0.5) is 0 Å². The smallest absolute Gasteiger partial charge is 0.135 e. The molecule has 0 saturated heterocycles. The van der Waals surface area contributed by atoms with Gasteiger partial charge in [-0.25, -0.2) is 0 Å². The molecule has 1 aliphatic rings. The van der Waals surface area contributed by atoms with E-state index in [9.17, 15) is 0 Å². The lowest BCUT2D eigenvalue weighted by molar-refractivity contribution is 0.164. The molecule has 0 fully saturated rings. The molecule has 0 saturated carbocycles. The van der Waals surface area contributed by atoms with Crippen molar-refractivity contribution in [1.29, 1.82) is 0 Å². The number of allylic oxidation sites excluding steroid dienone is 1. The summed E-state index contributed by atoms with van der Waals surface area (Å²) >= 11 is 0. The molecule has 176 valence electrons. The number of aliphatic imine (C=N–C) groups is 1. The Morgan fingerprint density at radius 2 is 1.68 bits per heavy atom. The normalized spacial score (nSPS) is 17.6. The summed E-state index contributed by atoms with van der Waals surface area (Å²) in [7, 11) is 1.76. The fourth-order valence-corrected chi connectivity index (χ4v) is 4.61. The summed E-state index contributed by atoms with van der Waals surface area (Å²) in [6, 6.07) is 30.5. The van der Waals surface area contributed by atoms with Crippen molar-refractivity contribution in [3.63, 3.8) is 0 Å². The molecule has 3 heteroatoms. The van der Waals surface area contributed by atoms with Crippen LogP contribution in [0.25, 0.3) is 5.57 Å². The highest BCUT2D eigenvalue weighted by molar-refractivity contribution is 6.00. The van der Waals surface area contributed by atoms with Crippen molar-refractivity contribution in [2.45, 2.75) is 45.7 Å². The van der Waals surface area contributed by atoms with E-state index in [1.54, 1.807) is 7.11 Å². The monoisotopic (exact) mass is 452 g/mol. The largest absolute Gasteiger partial charge is 0.382 e. The highest BCUT2D eigenvalue weighted by Gasteiger charge is 2.29. The first kappa shape index (κ1) is 24.0. The summed E-state index contributed by atoms with van der Waals surface area (Å²) in [6.07, 6.45) is 4.41. The van der Waals surface area contributed by atoms with Gasteiger partial charge in [0.2, 0.25) is 0 Å². The van der Waals surface area contributed by atoms with Crippen molar-refractivity contribution >= 4 is 11.4 Å². The summed E-state index contributed by atoms with van der Waals surface area (Å²) in [5.41, 5.74) is 6.38. The van der Waals surface area contributed by atoms with Gasteiger partial charge in [0.05, 0.1) is 18.7 Å². The van der Waals surface area contributed by atoms with Gasteiger partial charge in [-0.2, -0.15) is 0 Å². The highest BCUT2D eigenvalue weighted by atomic mass is 16.5. The third-order valence-electron chi connectivity index (χ3n) is 6.56. The standard InChI is InChI=1S/C31H36N2O/c1-23(2)29(22-34-4)32-31(26-15-9-6-10-16-26)33-21-28(27-17-11-12-24(3)20-27)18-19-30(33)25-13-7-5-8-14-25/h5-17,20-21,23,29-30H,18-19,22H2,1-4H3/t29-,30+/m1/s1. The topological polar surface area (TPSA) is 24.8 Å². The lowest BCUT2D eigenvalue weighted by Crippen LogP contribution is -2.36. The first-order chi connectivity index (χ1) is 16.6. The summed E-state index contributed by atoms with van der Waals surface area (Å²) in [5.74, 6) is 1.38. The predicted octanol–water partition coefficient (Wildman–Crippen LogP) is 7.29. The van der Waals surface area contributed by atoms with Gasteiger partial charge < -0.3 is 9.64 Å². The van der Waals surface area contributed by atoms with Crippen molar-refractivity contribution in [2.75, 3.05) is 13.7 Å². The molecule has 1 heterocycles. The van der Waals surface area contributed by atoms with Crippen molar-refractivity contribution in [1.82, 2.24) is 4.90 Å². The van der Waals surface area contributed by atoms with Gasteiger partial charge in [-0.05, 0) is 42.4 Å². The number of amidine groups is 1. The SMILES string of the molecule is COC[C@@H](N=C(c1ccccc1)N1C=C(c2cccc(C)c2)CC[C@H]1c1ccccc1)C(C)C. The molecule has 4 rings (SSSR count). The Balaban J connectivity index is 1.87. The molecule has 3 aromatic carbocycles. The van der Waals surface area contributed by atoms with Crippen LogP contribution in [0.1, 0.15) is 55.0 Å². The molecule has 2 atom stereocenters. The number of hydrogen-bond acceptors (Lipinski definition) is 2. The molecular weight excluding hydrogens is 416 g/mol. The van der Waals surface area contributed by atoms with Crippen molar-refractivity contribution in [3.8, 4) is 0 Å². The van der Waals surface area contributed by atoms with Gasteiger partial charge in [-0.15, -0.1) is 0 Å². The summed E-state index contributed by atoms with van der Waals surface area (Å²) in [6.45, 7) is 7.20. The molecule has 0 spiro atoms. The van der Waals surface area contributed by atoms with E-state index in [0.29, 0.717) is 12.5 Å². The van der Waals surface area contributed by atoms with Gasteiger partial charge in [0.15, 0.2) is 0 Å². The second kappa shape index (κ2) is 11.3. The van der Waals surface area contributed by atoms with Crippen LogP contribution in [0.15, 0.2) is 96.1 Å². The van der Waals surface area contributed by atoms with Gasteiger partial charge in [-0.3, -0.25) is 4.99 Å². The van der Waals surface area contributed by atoms with Crippen LogP contribution in [0.5, 0.6) is 0 Å². The number of ether oxygens (including phenoxy) is 1. The van der Waals surface area contributed by atoms with Gasteiger partial charge in [0, 0.05) is 18.9 Å². The average Bonchev–Trinajstić information content (AvgIpc) is 2.87. The third-order valence-corrected chi connectivity index (χ3v) is 6.56. The maximum Gasteiger partial charge on any atom is 0.135 e. The number of benzene rings is 3. The molecule has 34 heavy (non-hydrogen) atoms. The van der Waals surface area contributed by atoms with E-state index in [4.69, 9.17) is 9.73 Å². The number of nitrogens with zero attached hydrogens (tertiary/aromatic N) is 2. The summed E-state index contributed by atoms with van der Waals surface area (Å²) in [5, 5.41) is 0. The van der Waals surface area contributed by atoms with Crippen LogP contribution in [0, 0.1) is 12.8 Å². The summed E-state index contributed by atoms with van der Waals surface area (Å²) in [4.78, 5) is 7.77. The van der Waals surface area contributed by atoms with E-state index in [1.807, 2.05) is 0 Å². The second-order valence-electron chi connectivity index (χ2n) is 9.48.